The predicted molar refractivity (Wildman–Crippen MR) is 57.2 cm³/mol. The Kier molecular flexibility index (Phi) is 3.47. The molecule has 0 saturated carbocycles. The van der Waals surface area contributed by atoms with Crippen LogP contribution in [0.15, 0.2) is 23.2 Å². The monoisotopic (exact) mass is 263 g/mol. The zero-order valence-corrected chi connectivity index (χ0v) is 9.12. The largest absolute Gasteiger partial charge is 0.326 e. The average Bonchev–Trinajstić information content (AvgIpc) is 2.12. The third-order valence-corrected chi connectivity index (χ3v) is 2.60. The van der Waals surface area contributed by atoms with Crippen LogP contribution in [0.5, 0.6) is 0 Å². The summed E-state index contributed by atoms with van der Waals surface area (Å²) >= 11 is 8.82. The van der Waals surface area contributed by atoms with E-state index in [9.17, 15) is 4.39 Å². The van der Waals surface area contributed by atoms with E-state index in [1.807, 2.05) is 0 Å². The molecule has 0 heterocycles. The van der Waals surface area contributed by atoms with E-state index in [-0.39, 0.29) is 11.6 Å². The maximum absolute atomic E-state index is 13.4. The van der Waals surface area contributed by atoms with E-state index in [2.05, 4.69) is 22.5 Å². The van der Waals surface area contributed by atoms with Gasteiger partial charge in [-0.25, -0.2) is 4.39 Å². The van der Waals surface area contributed by atoms with Gasteiger partial charge in [0.25, 0.3) is 0 Å². The van der Waals surface area contributed by atoms with Gasteiger partial charge in [0.15, 0.2) is 0 Å². The normalized spacial score (nSPS) is 10.2. The van der Waals surface area contributed by atoms with Crippen LogP contribution >= 0.6 is 27.5 Å². The Morgan fingerprint density at radius 3 is 2.77 bits per heavy atom. The molecule has 0 atom stereocenters. The molecule has 0 saturated heterocycles. The van der Waals surface area contributed by atoms with E-state index in [1.165, 1.54) is 6.07 Å². The summed E-state index contributed by atoms with van der Waals surface area (Å²) in [7, 11) is 0. The van der Waals surface area contributed by atoms with Gasteiger partial charge in [-0.1, -0.05) is 34.1 Å². The number of halogens is 3. The third kappa shape index (κ3) is 2.10. The summed E-state index contributed by atoms with van der Waals surface area (Å²) in [6.45, 7) is 3.86. The highest BCUT2D eigenvalue weighted by atomic mass is 79.9. The van der Waals surface area contributed by atoms with Crippen molar-refractivity contribution in [3.05, 3.63) is 39.6 Å². The number of hydrogen-bond donors (Lipinski definition) is 1. The van der Waals surface area contributed by atoms with Crippen molar-refractivity contribution < 1.29 is 4.39 Å². The summed E-state index contributed by atoms with van der Waals surface area (Å²) in [5.41, 5.74) is 6.24. The molecule has 0 unspecified atom stereocenters. The molecule has 0 amide bonds. The summed E-state index contributed by atoms with van der Waals surface area (Å²) in [5.74, 6) is -0.480. The van der Waals surface area contributed by atoms with Crippen LogP contribution < -0.4 is 5.73 Å². The Labute approximate surface area is 89.5 Å². The molecule has 4 heteroatoms. The molecule has 0 bridgehead atoms. The van der Waals surface area contributed by atoms with Gasteiger partial charge >= 0.3 is 0 Å². The van der Waals surface area contributed by atoms with E-state index < -0.39 is 5.82 Å². The van der Waals surface area contributed by atoms with E-state index in [4.69, 9.17) is 17.3 Å². The maximum atomic E-state index is 13.4. The van der Waals surface area contributed by atoms with Gasteiger partial charge in [-0.15, -0.1) is 0 Å². The lowest BCUT2D eigenvalue weighted by atomic mass is 10.1. The topological polar surface area (TPSA) is 26.0 Å². The van der Waals surface area contributed by atoms with Crippen molar-refractivity contribution in [1.29, 1.82) is 0 Å². The average molecular weight is 265 g/mol. The van der Waals surface area contributed by atoms with Crippen LogP contribution in [0.2, 0.25) is 5.02 Å². The molecule has 1 rings (SSSR count). The zero-order valence-electron chi connectivity index (χ0n) is 6.78. The Hall–Kier alpha value is -0.380. The molecule has 0 aromatic heterocycles. The molecule has 13 heavy (non-hydrogen) atoms. The summed E-state index contributed by atoms with van der Waals surface area (Å²) in [5, 5.41) is 0.0767. The van der Waals surface area contributed by atoms with Gasteiger partial charge in [0.05, 0.1) is 5.02 Å². The second kappa shape index (κ2) is 4.22. The standard InChI is InChI=1S/C9H8BrClFN/c1-5(4-13)8-6(10)2-3-7(11)9(8)12/h2-3H,1,4,13H2. The van der Waals surface area contributed by atoms with E-state index in [0.29, 0.717) is 15.6 Å². The number of hydrogen-bond acceptors (Lipinski definition) is 1. The minimum absolute atomic E-state index is 0.0767. The van der Waals surface area contributed by atoms with Gasteiger partial charge in [-0.2, -0.15) is 0 Å². The first-order valence-electron chi connectivity index (χ1n) is 3.59. The molecule has 1 nitrogen and oxygen atoms in total. The fourth-order valence-electron chi connectivity index (χ4n) is 0.953. The second-order valence-corrected chi connectivity index (χ2v) is 3.79. The van der Waals surface area contributed by atoms with Crippen LogP contribution in [-0.4, -0.2) is 6.54 Å². The minimum atomic E-state index is -0.480. The van der Waals surface area contributed by atoms with Crippen molar-refractivity contribution in [2.24, 2.45) is 5.73 Å². The molecular formula is C9H8BrClFN. The lowest BCUT2D eigenvalue weighted by molar-refractivity contribution is 0.623. The van der Waals surface area contributed by atoms with Gasteiger partial charge in [0.2, 0.25) is 0 Å². The second-order valence-electron chi connectivity index (χ2n) is 2.53. The van der Waals surface area contributed by atoms with Gasteiger partial charge in [-0.05, 0) is 17.7 Å². The van der Waals surface area contributed by atoms with E-state index in [1.54, 1.807) is 6.07 Å². The predicted octanol–water partition coefficient (Wildman–Crippen LogP) is 3.21. The van der Waals surface area contributed by atoms with Crippen molar-refractivity contribution in [2.75, 3.05) is 6.54 Å². The fraction of sp³-hybridized carbons (Fsp3) is 0.111. The molecule has 0 aliphatic carbocycles. The highest BCUT2D eigenvalue weighted by Crippen LogP contribution is 2.30. The summed E-state index contributed by atoms with van der Waals surface area (Å²) in [6, 6.07) is 3.15. The van der Waals surface area contributed by atoms with E-state index >= 15 is 0 Å². The quantitative estimate of drug-likeness (QED) is 0.816. The molecule has 0 aliphatic rings. The molecule has 0 spiro atoms. The van der Waals surface area contributed by atoms with E-state index in [0.717, 1.165) is 0 Å². The van der Waals surface area contributed by atoms with Crippen molar-refractivity contribution in [1.82, 2.24) is 0 Å². The molecule has 0 aliphatic heterocycles. The van der Waals surface area contributed by atoms with Crippen molar-refractivity contribution in [2.45, 2.75) is 0 Å². The molecule has 2 N–H and O–H groups in total. The zero-order chi connectivity index (χ0) is 10.0. The Morgan fingerprint density at radius 1 is 1.62 bits per heavy atom. The summed E-state index contributed by atoms with van der Waals surface area (Å²) in [6.07, 6.45) is 0. The number of rotatable bonds is 2. The van der Waals surface area contributed by atoms with Crippen LogP contribution in [0.3, 0.4) is 0 Å². The molecule has 1 aromatic rings. The fourth-order valence-corrected chi connectivity index (χ4v) is 1.70. The van der Waals surface area contributed by atoms with Gasteiger partial charge in [0, 0.05) is 16.6 Å². The van der Waals surface area contributed by atoms with Gasteiger partial charge < -0.3 is 5.73 Å². The summed E-state index contributed by atoms with van der Waals surface area (Å²) < 4.78 is 14.0. The van der Waals surface area contributed by atoms with Crippen LogP contribution in [0.25, 0.3) is 5.57 Å². The Bertz CT molecular complexity index is 352. The van der Waals surface area contributed by atoms with Crippen molar-refractivity contribution >= 4 is 33.1 Å². The highest BCUT2D eigenvalue weighted by Gasteiger charge is 2.12. The van der Waals surface area contributed by atoms with Crippen molar-refractivity contribution in [3.63, 3.8) is 0 Å². The molecule has 0 radical (unpaired) electrons. The van der Waals surface area contributed by atoms with Crippen molar-refractivity contribution in [3.8, 4) is 0 Å². The maximum Gasteiger partial charge on any atom is 0.150 e. The molecule has 70 valence electrons. The molecule has 1 aromatic carbocycles. The minimum Gasteiger partial charge on any atom is -0.326 e. The van der Waals surface area contributed by atoms with Crippen LogP contribution in [-0.2, 0) is 0 Å². The summed E-state index contributed by atoms with van der Waals surface area (Å²) in [4.78, 5) is 0. The third-order valence-electron chi connectivity index (χ3n) is 1.64. The van der Waals surface area contributed by atoms with Crippen LogP contribution in [0, 0.1) is 5.82 Å². The highest BCUT2D eigenvalue weighted by molar-refractivity contribution is 9.10. The molecular weight excluding hydrogens is 256 g/mol. The smallest absolute Gasteiger partial charge is 0.150 e. The Balaban J connectivity index is 3.33. The number of benzene rings is 1. The lowest BCUT2D eigenvalue weighted by Crippen LogP contribution is -2.03. The SMILES string of the molecule is C=C(CN)c1c(Br)ccc(Cl)c1F. The Morgan fingerprint density at radius 2 is 2.23 bits per heavy atom. The van der Waals surface area contributed by atoms with Gasteiger partial charge in [0.1, 0.15) is 5.82 Å². The van der Waals surface area contributed by atoms with Gasteiger partial charge in [-0.3, -0.25) is 0 Å². The first kappa shape index (κ1) is 10.7. The number of nitrogens with two attached hydrogens (primary N) is 1. The first-order chi connectivity index (χ1) is 6.07. The first-order valence-corrected chi connectivity index (χ1v) is 4.76. The lowest BCUT2D eigenvalue weighted by Gasteiger charge is -2.08. The van der Waals surface area contributed by atoms with Crippen LogP contribution in [0.1, 0.15) is 5.56 Å². The van der Waals surface area contributed by atoms with Crippen LogP contribution in [0.4, 0.5) is 4.39 Å². The molecule has 0 fully saturated rings.